The highest BCUT2D eigenvalue weighted by Crippen LogP contribution is 2.26. The molecular weight excluding hydrogens is 630 g/mol. The first kappa shape index (κ1) is 42.7. The van der Waals surface area contributed by atoms with Gasteiger partial charge in [0.25, 0.3) is 0 Å². The quantitative estimate of drug-likeness (QED) is 0.0665. The molecule has 14 nitrogen and oxygen atoms in total. The zero-order valence-corrected chi connectivity index (χ0v) is 29.4. The van der Waals surface area contributed by atoms with Crippen molar-refractivity contribution in [2.75, 3.05) is 27.3 Å². The summed E-state index contributed by atoms with van der Waals surface area (Å²) in [6.07, 6.45) is 0.378. The molecule has 0 radical (unpaired) electrons. The van der Waals surface area contributed by atoms with Crippen molar-refractivity contribution in [3.05, 3.63) is 0 Å². The second-order valence-electron chi connectivity index (χ2n) is 13.2. The summed E-state index contributed by atoms with van der Waals surface area (Å²) in [4.78, 5) is 26.2. The number of unbranched alkanes of at least 4 members (excludes halogenated alkanes) is 10. The summed E-state index contributed by atoms with van der Waals surface area (Å²) >= 11 is 0. The van der Waals surface area contributed by atoms with Crippen LogP contribution in [0.2, 0.25) is 0 Å². The molecule has 11 atom stereocenters. The molecule has 0 aliphatic carbocycles. The van der Waals surface area contributed by atoms with Gasteiger partial charge in [0.15, 0.2) is 12.6 Å². The third kappa shape index (κ3) is 14.0. The average Bonchev–Trinajstić information content (AvgIpc) is 3.06. The first-order valence-corrected chi connectivity index (χ1v) is 17.8. The number of hydrogen-bond acceptors (Lipinski definition) is 13. The zero-order chi connectivity index (χ0) is 35.6. The summed E-state index contributed by atoms with van der Waals surface area (Å²) in [7, 11) is 2.55. The lowest BCUT2D eigenvalue weighted by molar-refractivity contribution is -0.298. The Morgan fingerprint density at radius 3 is 1.46 bits per heavy atom. The lowest BCUT2D eigenvalue weighted by atomic mass is 9.96. The lowest BCUT2D eigenvalue weighted by Crippen LogP contribution is -2.63. The Hall–Kier alpha value is -1.46. The van der Waals surface area contributed by atoms with Crippen LogP contribution in [-0.2, 0) is 33.3 Å². The monoisotopic (exact) mass is 693 g/mol. The fourth-order valence-corrected chi connectivity index (χ4v) is 6.40. The van der Waals surface area contributed by atoms with Crippen LogP contribution in [0.4, 0.5) is 0 Å². The Bertz CT molecular complexity index is 855. The van der Waals surface area contributed by atoms with Crippen LogP contribution in [0.5, 0.6) is 0 Å². The Kier molecular flexibility index (Phi) is 20.6. The summed E-state index contributed by atoms with van der Waals surface area (Å²) in [5.41, 5.74) is 0. The summed E-state index contributed by atoms with van der Waals surface area (Å²) in [5.74, 6) is -0.531. The molecule has 2 fully saturated rings. The number of aliphatic hydroxyl groups is 6. The SMILES string of the molecule is CCCCCC[C@H](CCCCCCCCCCC(=O)N(C[C@H]1O[C@H](OC)[C@H](O)[C@@H](O)[C@@H]1O)C[C@H]1O[C@H](OC)[C@H](O)[C@@H](O)[C@@H]1O)OC(C)=O. The Balaban J connectivity index is 1.83. The predicted molar refractivity (Wildman–Crippen MR) is 174 cm³/mol. The van der Waals surface area contributed by atoms with E-state index in [1.165, 1.54) is 45.3 Å². The highest BCUT2D eigenvalue weighted by molar-refractivity contribution is 5.76. The van der Waals surface area contributed by atoms with Crippen LogP contribution in [0.1, 0.15) is 110 Å². The minimum atomic E-state index is -1.58. The van der Waals surface area contributed by atoms with Gasteiger partial charge in [-0.3, -0.25) is 9.59 Å². The Labute approximate surface area is 285 Å². The third-order valence-corrected chi connectivity index (χ3v) is 9.33. The molecule has 0 bridgehead atoms. The van der Waals surface area contributed by atoms with Crippen LogP contribution in [0.15, 0.2) is 0 Å². The van der Waals surface area contributed by atoms with Crippen LogP contribution < -0.4 is 0 Å². The second kappa shape index (κ2) is 23.1. The fourth-order valence-electron chi connectivity index (χ4n) is 6.40. The summed E-state index contributed by atoms with van der Waals surface area (Å²) < 4.78 is 27.0. The van der Waals surface area contributed by atoms with Crippen LogP contribution in [0.3, 0.4) is 0 Å². The van der Waals surface area contributed by atoms with Gasteiger partial charge in [0.2, 0.25) is 5.91 Å². The van der Waals surface area contributed by atoms with E-state index in [9.17, 15) is 40.2 Å². The van der Waals surface area contributed by atoms with E-state index >= 15 is 0 Å². The lowest BCUT2D eigenvalue weighted by Gasteiger charge is -2.44. The third-order valence-electron chi connectivity index (χ3n) is 9.33. The summed E-state index contributed by atoms with van der Waals surface area (Å²) in [6.45, 7) is 3.21. The molecule has 2 rings (SSSR count). The largest absolute Gasteiger partial charge is 0.463 e. The van der Waals surface area contributed by atoms with Crippen LogP contribution >= 0.6 is 0 Å². The maximum atomic E-state index is 13.5. The van der Waals surface area contributed by atoms with Crippen molar-refractivity contribution < 1.29 is 63.9 Å². The number of carbonyl (C=O) groups is 2. The summed E-state index contributed by atoms with van der Waals surface area (Å²) in [6, 6.07) is 0. The van der Waals surface area contributed by atoms with Gasteiger partial charge in [-0.1, -0.05) is 64.7 Å². The molecule has 2 saturated heterocycles. The van der Waals surface area contributed by atoms with Gasteiger partial charge in [-0.05, 0) is 32.1 Å². The number of amides is 1. The number of rotatable bonds is 23. The van der Waals surface area contributed by atoms with Gasteiger partial charge in [-0.25, -0.2) is 0 Å². The molecule has 14 heteroatoms. The molecule has 6 N–H and O–H groups in total. The van der Waals surface area contributed by atoms with Crippen molar-refractivity contribution in [1.82, 2.24) is 4.90 Å². The van der Waals surface area contributed by atoms with Crippen LogP contribution in [0.25, 0.3) is 0 Å². The maximum Gasteiger partial charge on any atom is 0.302 e. The van der Waals surface area contributed by atoms with Gasteiger partial charge < -0.3 is 59.2 Å². The number of ether oxygens (including phenoxy) is 5. The number of hydrogen-bond donors (Lipinski definition) is 6. The Morgan fingerprint density at radius 1 is 0.625 bits per heavy atom. The molecule has 0 unspecified atom stereocenters. The van der Waals surface area contributed by atoms with Gasteiger partial charge in [-0.15, -0.1) is 0 Å². The summed E-state index contributed by atoms with van der Waals surface area (Å²) in [5, 5.41) is 62.2. The second-order valence-corrected chi connectivity index (χ2v) is 13.2. The molecule has 2 aliphatic heterocycles. The zero-order valence-electron chi connectivity index (χ0n) is 29.4. The molecule has 282 valence electrons. The first-order chi connectivity index (χ1) is 22.9. The van der Waals surface area contributed by atoms with E-state index in [2.05, 4.69) is 6.92 Å². The van der Waals surface area contributed by atoms with E-state index < -0.39 is 61.4 Å². The molecule has 1 amide bonds. The van der Waals surface area contributed by atoms with Crippen molar-refractivity contribution in [2.45, 2.75) is 178 Å². The van der Waals surface area contributed by atoms with E-state index in [0.717, 1.165) is 64.2 Å². The molecular formula is C34H63NO13. The highest BCUT2D eigenvalue weighted by atomic mass is 16.7. The molecule has 0 saturated carbocycles. The van der Waals surface area contributed by atoms with E-state index in [-0.39, 0.29) is 37.5 Å². The van der Waals surface area contributed by atoms with E-state index in [0.29, 0.717) is 6.42 Å². The standard InChI is InChI=1S/C34H63NO13/c1-5-6-7-14-17-23(46-22(2)36)18-15-12-10-8-9-11-13-16-19-26(37)35(20-24-27(38)29(40)31(42)33(44-3)47-24)21-25-28(39)30(41)32(43)34(45-4)48-25/h23-25,27-34,38-43H,5-21H2,1-4H3/t23-,24-,25-,27-,28-,29+,30+,31-,32-,33+,34+/m1/s1. The van der Waals surface area contributed by atoms with Crippen molar-refractivity contribution in [3.8, 4) is 0 Å². The van der Waals surface area contributed by atoms with E-state index in [1.54, 1.807) is 0 Å². The molecule has 2 heterocycles. The van der Waals surface area contributed by atoms with Gasteiger partial charge in [0, 0.05) is 40.7 Å². The number of nitrogens with zero attached hydrogens (tertiary/aromatic N) is 1. The van der Waals surface area contributed by atoms with Gasteiger partial charge in [-0.2, -0.15) is 0 Å². The minimum absolute atomic E-state index is 0.00785. The topological polar surface area (TPSA) is 205 Å². The maximum absolute atomic E-state index is 13.5. The van der Waals surface area contributed by atoms with Gasteiger partial charge in [0.1, 0.15) is 54.9 Å². The number of aliphatic hydroxyl groups excluding tert-OH is 6. The van der Waals surface area contributed by atoms with Crippen molar-refractivity contribution in [2.24, 2.45) is 0 Å². The number of esters is 1. The number of carbonyl (C=O) groups excluding carboxylic acids is 2. The van der Waals surface area contributed by atoms with Gasteiger partial charge >= 0.3 is 5.97 Å². The molecule has 0 aromatic carbocycles. The Morgan fingerprint density at radius 2 is 1.04 bits per heavy atom. The molecule has 48 heavy (non-hydrogen) atoms. The number of methoxy groups -OCH3 is 2. The molecule has 0 spiro atoms. The van der Waals surface area contributed by atoms with Crippen molar-refractivity contribution >= 4 is 11.9 Å². The van der Waals surface area contributed by atoms with E-state index in [4.69, 9.17) is 23.7 Å². The van der Waals surface area contributed by atoms with Gasteiger partial charge in [0.05, 0.1) is 0 Å². The normalized spacial score (nSPS) is 31.4. The van der Waals surface area contributed by atoms with E-state index in [1.807, 2.05) is 0 Å². The van der Waals surface area contributed by atoms with Crippen molar-refractivity contribution in [3.63, 3.8) is 0 Å². The minimum Gasteiger partial charge on any atom is -0.463 e. The first-order valence-electron chi connectivity index (χ1n) is 17.8. The molecule has 0 aromatic heterocycles. The van der Waals surface area contributed by atoms with Crippen molar-refractivity contribution in [1.29, 1.82) is 0 Å². The fraction of sp³-hybridized carbons (Fsp3) is 0.941. The molecule has 2 aliphatic rings. The smallest absolute Gasteiger partial charge is 0.302 e. The predicted octanol–water partition coefficient (Wildman–Crippen LogP) is 1.53. The van der Waals surface area contributed by atoms with Crippen LogP contribution in [0, 0.1) is 0 Å². The molecule has 0 aromatic rings. The van der Waals surface area contributed by atoms with Crippen LogP contribution in [-0.4, -0.2) is 142 Å². The highest BCUT2D eigenvalue weighted by Gasteiger charge is 2.47. The average molecular weight is 694 g/mol.